The molecule has 0 bridgehead atoms. The maximum absolute atomic E-state index is 15.0. The number of hydrogen-bond donors (Lipinski definition) is 0. The molecule has 2 atom stereocenters. The van der Waals surface area contributed by atoms with Gasteiger partial charge in [-0.3, -0.25) is 9.89 Å². The number of halogens is 2. The fraction of sp³-hybridized carbons (Fsp3) is 0.457. The topological polar surface area (TPSA) is 94.5 Å². The van der Waals surface area contributed by atoms with Crippen LogP contribution in [0.2, 0.25) is 10.0 Å². The predicted octanol–water partition coefficient (Wildman–Crippen LogP) is 6.79. The molecule has 0 saturated carbocycles. The van der Waals surface area contributed by atoms with Crippen molar-refractivity contribution in [3.05, 3.63) is 87.3 Å². The molecule has 0 spiro atoms. The molecule has 3 heterocycles. The molecule has 3 aromatic rings. The average molecular weight is 681 g/mol. The lowest BCUT2D eigenvalue weighted by Crippen LogP contribution is -2.61. The van der Waals surface area contributed by atoms with Crippen LogP contribution in [-0.4, -0.2) is 94.3 Å². The minimum absolute atomic E-state index is 0.0840. The van der Waals surface area contributed by atoms with E-state index in [1.54, 1.807) is 39.9 Å². The van der Waals surface area contributed by atoms with Gasteiger partial charge in [0.1, 0.15) is 22.7 Å². The molecule has 0 radical (unpaired) electrons. The van der Waals surface area contributed by atoms with E-state index in [9.17, 15) is 4.79 Å². The molecule has 0 unspecified atom stereocenters. The zero-order chi connectivity index (χ0) is 34.3. The van der Waals surface area contributed by atoms with Crippen molar-refractivity contribution in [2.75, 3.05) is 46.9 Å². The number of aliphatic imine (C=N–C) groups is 1. The summed E-state index contributed by atoms with van der Waals surface area (Å²) >= 11 is 12.7. The van der Waals surface area contributed by atoms with Gasteiger partial charge in [-0.2, -0.15) is 4.98 Å². The average Bonchev–Trinajstić information content (AvgIpc) is 3.28. The van der Waals surface area contributed by atoms with Gasteiger partial charge >= 0.3 is 12.1 Å². The molecule has 2 aliphatic rings. The van der Waals surface area contributed by atoms with Gasteiger partial charge in [0.2, 0.25) is 5.88 Å². The zero-order valence-electron chi connectivity index (χ0n) is 28.3. The number of ether oxygens (including phenoxy) is 1. The van der Waals surface area contributed by atoms with Crippen molar-refractivity contribution in [3.8, 4) is 5.88 Å². The number of amidine groups is 1. The number of nitrogens with zero attached hydrogens (tertiary/aromatic N) is 7. The standard InChI is InChI=1S/C35H43Cl2N7O3/c1-9-47-29-27(22-38-30(39-29)33(2,3)4)28-40-34(5,23-10-14-25(36)15-11-23)35(6,24-12-16-26(37)17-13-24)44(28)32(46)43-20-18-42(19-21-43)31(45)41(7)8/h10-17,22H,9,18-21H2,1-8H3/t34-,35+/m0/s1. The number of aromatic nitrogens is 2. The summed E-state index contributed by atoms with van der Waals surface area (Å²) in [5.41, 5.74) is -0.216. The SMILES string of the molecule is CCOc1nc(C(C)(C)C)ncc1C1=N[C@@](C)(c2ccc(Cl)cc2)[C@@](C)(c2ccc(Cl)cc2)N1C(=O)N1CCN(C(=O)N(C)C)CC1. The van der Waals surface area contributed by atoms with Crippen LogP contribution in [0.3, 0.4) is 0 Å². The Morgan fingerprint density at radius 1 is 0.894 bits per heavy atom. The van der Waals surface area contributed by atoms with Crippen molar-refractivity contribution in [2.45, 2.75) is 58.0 Å². The second-order valence-electron chi connectivity index (χ2n) is 13.5. The summed E-state index contributed by atoms with van der Waals surface area (Å²) in [5.74, 6) is 1.36. The quantitative estimate of drug-likeness (QED) is 0.296. The maximum Gasteiger partial charge on any atom is 0.326 e. The molecular weight excluding hydrogens is 637 g/mol. The molecule has 0 aliphatic carbocycles. The molecule has 47 heavy (non-hydrogen) atoms. The van der Waals surface area contributed by atoms with E-state index in [0.717, 1.165) is 11.1 Å². The highest BCUT2D eigenvalue weighted by molar-refractivity contribution is 6.30. The van der Waals surface area contributed by atoms with Gasteiger partial charge in [-0.25, -0.2) is 14.6 Å². The minimum Gasteiger partial charge on any atom is -0.477 e. The van der Waals surface area contributed by atoms with Gasteiger partial charge in [0, 0.05) is 61.9 Å². The monoisotopic (exact) mass is 679 g/mol. The molecule has 12 heteroatoms. The van der Waals surface area contributed by atoms with E-state index in [-0.39, 0.29) is 17.5 Å². The molecule has 1 fully saturated rings. The molecule has 10 nitrogen and oxygen atoms in total. The molecule has 1 saturated heterocycles. The number of urea groups is 2. The number of carbonyl (C=O) groups excluding carboxylic acids is 2. The summed E-state index contributed by atoms with van der Waals surface area (Å²) < 4.78 is 6.13. The maximum atomic E-state index is 15.0. The molecule has 4 amide bonds. The first-order chi connectivity index (χ1) is 22.1. The van der Waals surface area contributed by atoms with Crippen LogP contribution >= 0.6 is 23.2 Å². The first-order valence-corrected chi connectivity index (χ1v) is 16.6. The highest BCUT2D eigenvalue weighted by Gasteiger charge is 2.60. The molecule has 2 aliphatic heterocycles. The van der Waals surface area contributed by atoms with Crippen LogP contribution in [0.25, 0.3) is 0 Å². The van der Waals surface area contributed by atoms with E-state index < -0.39 is 11.1 Å². The highest BCUT2D eigenvalue weighted by atomic mass is 35.5. The number of hydrogen-bond acceptors (Lipinski definition) is 6. The summed E-state index contributed by atoms with van der Waals surface area (Å²) in [6.07, 6.45) is 1.71. The Kier molecular flexibility index (Phi) is 9.50. The molecule has 1 aromatic heterocycles. The minimum atomic E-state index is -1.07. The lowest BCUT2D eigenvalue weighted by atomic mass is 9.71. The smallest absolute Gasteiger partial charge is 0.326 e. The van der Waals surface area contributed by atoms with Gasteiger partial charge in [0.25, 0.3) is 0 Å². The second-order valence-corrected chi connectivity index (χ2v) is 14.3. The van der Waals surface area contributed by atoms with Gasteiger partial charge in [0.05, 0.1) is 12.2 Å². The van der Waals surface area contributed by atoms with Gasteiger partial charge < -0.3 is 19.4 Å². The van der Waals surface area contributed by atoms with Crippen LogP contribution in [-0.2, 0) is 16.5 Å². The van der Waals surface area contributed by atoms with Crippen LogP contribution in [0.4, 0.5) is 9.59 Å². The summed E-state index contributed by atoms with van der Waals surface area (Å²) in [6, 6.07) is 14.7. The van der Waals surface area contributed by atoms with Crippen molar-refractivity contribution in [3.63, 3.8) is 0 Å². The first kappa shape index (κ1) is 34.4. The van der Waals surface area contributed by atoms with E-state index in [1.807, 2.05) is 90.1 Å². The van der Waals surface area contributed by atoms with E-state index in [1.165, 1.54) is 0 Å². The predicted molar refractivity (Wildman–Crippen MR) is 186 cm³/mol. The van der Waals surface area contributed by atoms with E-state index in [4.69, 9.17) is 42.9 Å². The zero-order valence-corrected chi connectivity index (χ0v) is 29.9. The Bertz CT molecular complexity index is 1670. The second kappa shape index (κ2) is 13.0. The van der Waals surface area contributed by atoms with Gasteiger partial charge in [0.15, 0.2) is 0 Å². The van der Waals surface area contributed by atoms with Gasteiger partial charge in [-0.05, 0) is 56.2 Å². The number of amides is 4. The third-order valence-electron chi connectivity index (χ3n) is 9.09. The Labute approximate surface area is 287 Å². The number of benzene rings is 2. The highest BCUT2D eigenvalue weighted by Crippen LogP contribution is 2.54. The largest absolute Gasteiger partial charge is 0.477 e. The summed E-state index contributed by atoms with van der Waals surface area (Å²) in [4.78, 5) is 49.6. The lowest BCUT2D eigenvalue weighted by molar-refractivity contribution is 0.0878. The summed E-state index contributed by atoms with van der Waals surface area (Å²) in [6.45, 7) is 13.9. The molecule has 250 valence electrons. The summed E-state index contributed by atoms with van der Waals surface area (Å²) in [7, 11) is 3.45. The fourth-order valence-corrected chi connectivity index (χ4v) is 6.46. The molecule has 0 N–H and O–H groups in total. The lowest BCUT2D eigenvalue weighted by Gasteiger charge is -2.47. The van der Waals surface area contributed by atoms with E-state index in [0.29, 0.717) is 65.9 Å². The van der Waals surface area contributed by atoms with Crippen molar-refractivity contribution >= 4 is 41.1 Å². The third kappa shape index (κ3) is 6.25. The van der Waals surface area contributed by atoms with Gasteiger partial charge in [-0.1, -0.05) is 68.2 Å². The van der Waals surface area contributed by atoms with Crippen LogP contribution < -0.4 is 4.74 Å². The van der Waals surface area contributed by atoms with Crippen molar-refractivity contribution in [2.24, 2.45) is 4.99 Å². The Hall–Kier alpha value is -3.89. The molecule has 5 rings (SSSR count). The normalized spacial score (nSPS) is 21.5. The summed E-state index contributed by atoms with van der Waals surface area (Å²) in [5, 5.41) is 1.17. The number of piperazine rings is 1. The number of rotatable bonds is 5. The van der Waals surface area contributed by atoms with Crippen LogP contribution in [0.5, 0.6) is 5.88 Å². The Balaban J connectivity index is 1.73. The van der Waals surface area contributed by atoms with Crippen molar-refractivity contribution in [1.29, 1.82) is 0 Å². The van der Waals surface area contributed by atoms with Crippen LogP contribution in [0.1, 0.15) is 64.1 Å². The Morgan fingerprint density at radius 2 is 1.43 bits per heavy atom. The van der Waals surface area contributed by atoms with E-state index >= 15 is 4.79 Å². The van der Waals surface area contributed by atoms with E-state index in [2.05, 4.69) is 0 Å². The fourth-order valence-electron chi connectivity index (χ4n) is 6.21. The first-order valence-electron chi connectivity index (χ1n) is 15.8. The number of carbonyl (C=O) groups is 2. The molecular formula is C35H43Cl2N7O3. The third-order valence-corrected chi connectivity index (χ3v) is 9.59. The molecule has 2 aromatic carbocycles. The van der Waals surface area contributed by atoms with Gasteiger partial charge in [-0.15, -0.1) is 0 Å². The Morgan fingerprint density at radius 3 is 1.94 bits per heavy atom. The van der Waals surface area contributed by atoms with Crippen molar-refractivity contribution < 1.29 is 14.3 Å². The van der Waals surface area contributed by atoms with Crippen LogP contribution in [0.15, 0.2) is 59.7 Å². The van der Waals surface area contributed by atoms with Crippen LogP contribution in [0, 0.1) is 0 Å². The van der Waals surface area contributed by atoms with Crippen molar-refractivity contribution in [1.82, 2.24) is 29.6 Å².